The highest BCUT2D eigenvalue weighted by Crippen LogP contribution is 2.31. The molecule has 1 unspecified atom stereocenters. The summed E-state index contributed by atoms with van der Waals surface area (Å²) < 4.78 is 0. The van der Waals surface area contributed by atoms with Crippen LogP contribution in [0.15, 0.2) is 23.2 Å². The summed E-state index contributed by atoms with van der Waals surface area (Å²) in [4.78, 5) is 28.6. The summed E-state index contributed by atoms with van der Waals surface area (Å²) in [5.41, 5.74) is 2.98. The first-order chi connectivity index (χ1) is 9.38. The first-order valence-corrected chi connectivity index (χ1v) is 7.08. The zero-order valence-electron chi connectivity index (χ0n) is 11.6. The lowest BCUT2D eigenvalue weighted by Gasteiger charge is -2.09. The van der Waals surface area contributed by atoms with Gasteiger partial charge in [0.15, 0.2) is 5.17 Å². The Labute approximate surface area is 121 Å². The second-order valence-electron chi connectivity index (χ2n) is 4.79. The van der Waals surface area contributed by atoms with E-state index in [0.29, 0.717) is 5.17 Å². The average Bonchev–Trinajstić information content (AvgIpc) is 2.61. The highest BCUT2D eigenvalue weighted by Gasteiger charge is 2.36. The second-order valence-corrected chi connectivity index (χ2v) is 5.96. The third-order valence-corrected chi connectivity index (χ3v) is 4.30. The van der Waals surface area contributed by atoms with Crippen molar-refractivity contribution in [3.05, 3.63) is 29.3 Å². The van der Waals surface area contributed by atoms with Gasteiger partial charge in [-0.1, -0.05) is 29.5 Å². The number of aryl methyl sites for hydroxylation is 2. The molecule has 1 atom stereocenters. The lowest BCUT2D eigenvalue weighted by Crippen LogP contribution is -2.28. The molecule has 2 rings (SSSR count). The summed E-state index contributed by atoms with van der Waals surface area (Å²) in [7, 11) is 1.62. The molecule has 20 heavy (non-hydrogen) atoms. The zero-order chi connectivity index (χ0) is 14.9. The van der Waals surface area contributed by atoms with Crippen molar-refractivity contribution >= 4 is 34.5 Å². The molecule has 1 saturated heterocycles. The van der Waals surface area contributed by atoms with Gasteiger partial charge in [-0.2, -0.15) is 0 Å². The number of carbonyl (C=O) groups is 2. The van der Waals surface area contributed by atoms with Gasteiger partial charge < -0.3 is 5.11 Å². The minimum Gasteiger partial charge on any atom is -0.481 e. The van der Waals surface area contributed by atoms with Gasteiger partial charge in [0.25, 0.3) is 0 Å². The fourth-order valence-electron chi connectivity index (χ4n) is 1.99. The summed E-state index contributed by atoms with van der Waals surface area (Å²) in [6, 6.07) is 5.89. The van der Waals surface area contributed by atoms with Gasteiger partial charge in [0.05, 0.1) is 12.1 Å². The molecule has 1 fully saturated rings. The molecule has 1 amide bonds. The molecular formula is C14H16N2O3S. The largest absolute Gasteiger partial charge is 0.481 e. The number of rotatable bonds is 3. The molecule has 0 radical (unpaired) electrons. The van der Waals surface area contributed by atoms with Crippen LogP contribution in [-0.2, 0) is 9.59 Å². The average molecular weight is 292 g/mol. The molecular weight excluding hydrogens is 276 g/mol. The number of carboxylic acids is 1. The van der Waals surface area contributed by atoms with Gasteiger partial charge in [0.2, 0.25) is 5.91 Å². The van der Waals surface area contributed by atoms with Crippen molar-refractivity contribution in [1.29, 1.82) is 0 Å². The second kappa shape index (κ2) is 5.66. The minimum atomic E-state index is -0.975. The quantitative estimate of drug-likeness (QED) is 0.928. The van der Waals surface area contributed by atoms with Gasteiger partial charge in [-0.15, -0.1) is 0 Å². The Morgan fingerprint density at radius 3 is 2.75 bits per heavy atom. The molecule has 1 aromatic carbocycles. The predicted octanol–water partition coefficient (Wildman–Crippen LogP) is 2.34. The van der Waals surface area contributed by atoms with Crippen molar-refractivity contribution < 1.29 is 14.7 Å². The van der Waals surface area contributed by atoms with Crippen molar-refractivity contribution in [1.82, 2.24) is 4.90 Å². The number of hydrogen-bond donors (Lipinski definition) is 1. The van der Waals surface area contributed by atoms with Gasteiger partial charge in [-0.25, -0.2) is 4.99 Å². The molecule has 1 aliphatic rings. The lowest BCUT2D eigenvalue weighted by molar-refractivity contribution is -0.139. The van der Waals surface area contributed by atoms with Crippen LogP contribution in [0.3, 0.4) is 0 Å². The molecule has 6 heteroatoms. The van der Waals surface area contributed by atoms with Crippen LogP contribution >= 0.6 is 11.8 Å². The fourth-order valence-corrected chi connectivity index (χ4v) is 3.13. The number of hydrogen-bond acceptors (Lipinski definition) is 4. The molecule has 0 saturated carbocycles. The summed E-state index contributed by atoms with van der Waals surface area (Å²) in [5, 5.41) is 8.77. The normalized spacial score (nSPS) is 20.8. The maximum absolute atomic E-state index is 11.9. The number of thioether (sulfide) groups is 1. The van der Waals surface area contributed by atoms with E-state index >= 15 is 0 Å². The van der Waals surface area contributed by atoms with Gasteiger partial charge in [-0.05, 0) is 25.5 Å². The number of carbonyl (C=O) groups excluding carboxylic acids is 1. The predicted molar refractivity (Wildman–Crippen MR) is 79.4 cm³/mol. The molecule has 0 spiro atoms. The number of carboxylic acid groups (broad SMARTS) is 1. The Hall–Kier alpha value is -1.82. The van der Waals surface area contributed by atoms with Crippen LogP contribution < -0.4 is 0 Å². The Balaban J connectivity index is 2.26. The standard InChI is InChI=1S/C14H16N2O3S/c1-8-4-5-10(9(2)6-8)15-14-16(3)13(19)11(20-14)7-12(17)18/h4-6,11H,7H2,1-3H3,(H,17,18). The minimum absolute atomic E-state index is 0.181. The zero-order valence-corrected chi connectivity index (χ0v) is 12.4. The van der Waals surface area contributed by atoms with E-state index in [1.165, 1.54) is 16.7 Å². The van der Waals surface area contributed by atoms with Crippen molar-refractivity contribution in [3.63, 3.8) is 0 Å². The molecule has 1 heterocycles. The van der Waals surface area contributed by atoms with E-state index in [-0.39, 0.29) is 12.3 Å². The van der Waals surface area contributed by atoms with Crippen LogP contribution in [0, 0.1) is 13.8 Å². The Kier molecular flexibility index (Phi) is 4.13. The first-order valence-electron chi connectivity index (χ1n) is 6.20. The summed E-state index contributed by atoms with van der Waals surface area (Å²) >= 11 is 1.21. The first kappa shape index (κ1) is 14.6. The maximum Gasteiger partial charge on any atom is 0.305 e. The van der Waals surface area contributed by atoms with Crippen molar-refractivity contribution in [2.24, 2.45) is 4.99 Å². The number of benzene rings is 1. The van der Waals surface area contributed by atoms with E-state index in [1.54, 1.807) is 7.05 Å². The molecule has 0 aromatic heterocycles. The van der Waals surface area contributed by atoms with Crippen LogP contribution in [0.25, 0.3) is 0 Å². The molecule has 1 N–H and O–H groups in total. The monoisotopic (exact) mass is 292 g/mol. The summed E-state index contributed by atoms with van der Waals surface area (Å²) in [6.45, 7) is 3.97. The fraction of sp³-hybridized carbons (Fsp3) is 0.357. The van der Waals surface area contributed by atoms with Crippen molar-refractivity contribution in [2.75, 3.05) is 7.05 Å². The lowest BCUT2D eigenvalue weighted by atomic mass is 10.1. The molecule has 1 aromatic rings. The molecule has 0 aliphatic carbocycles. The van der Waals surface area contributed by atoms with E-state index in [9.17, 15) is 9.59 Å². The van der Waals surface area contributed by atoms with Gasteiger partial charge in [0, 0.05) is 7.05 Å². The van der Waals surface area contributed by atoms with Crippen LogP contribution in [0.5, 0.6) is 0 Å². The van der Waals surface area contributed by atoms with E-state index in [0.717, 1.165) is 16.8 Å². The van der Waals surface area contributed by atoms with Crippen LogP contribution in [0.2, 0.25) is 0 Å². The number of amides is 1. The van der Waals surface area contributed by atoms with Gasteiger partial charge >= 0.3 is 5.97 Å². The summed E-state index contributed by atoms with van der Waals surface area (Å²) in [6.07, 6.45) is -0.181. The number of nitrogens with zero attached hydrogens (tertiary/aromatic N) is 2. The van der Waals surface area contributed by atoms with Gasteiger partial charge in [0.1, 0.15) is 5.25 Å². The molecule has 1 aliphatic heterocycles. The van der Waals surface area contributed by atoms with Crippen LogP contribution in [-0.4, -0.2) is 39.3 Å². The smallest absolute Gasteiger partial charge is 0.305 e. The highest BCUT2D eigenvalue weighted by molar-refractivity contribution is 8.15. The number of amidine groups is 1. The van der Waals surface area contributed by atoms with E-state index in [1.807, 2.05) is 32.0 Å². The Morgan fingerprint density at radius 2 is 2.15 bits per heavy atom. The highest BCUT2D eigenvalue weighted by atomic mass is 32.2. The van der Waals surface area contributed by atoms with Crippen LogP contribution in [0.1, 0.15) is 17.5 Å². The van der Waals surface area contributed by atoms with E-state index in [2.05, 4.69) is 4.99 Å². The van der Waals surface area contributed by atoms with Crippen molar-refractivity contribution in [2.45, 2.75) is 25.5 Å². The Morgan fingerprint density at radius 1 is 1.45 bits per heavy atom. The third kappa shape index (κ3) is 3.01. The Bertz CT molecular complexity index is 598. The SMILES string of the molecule is Cc1ccc(N=C2SC(CC(=O)O)C(=O)N2C)c(C)c1. The summed E-state index contributed by atoms with van der Waals surface area (Å²) in [5.74, 6) is -1.18. The molecule has 106 valence electrons. The third-order valence-electron chi connectivity index (χ3n) is 3.07. The number of aliphatic carboxylic acids is 1. The number of aliphatic imine (C=N–C) groups is 1. The topological polar surface area (TPSA) is 70.0 Å². The molecule has 0 bridgehead atoms. The van der Waals surface area contributed by atoms with E-state index in [4.69, 9.17) is 5.11 Å². The van der Waals surface area contributed by atoms with E-state index < -0.39 is 11.2 Å². The van der Waals surface area contributed by atoms with Crippen molar-refractivity contribution in [3.8, 4) is 0 Å². The van der Waals surface area contributed by atoms with Gasteiger partial charge in [-0.3, -0.25) is 14.5 Å². The maximum atomic E-state index is 11.9. The molecule has 5 nitrogen and oxygen atoms in total. The van der Waals surface area contributed by atoms with Crippen LogP contribution in [0.4, 0.5) is 5.69 Å².